The summed E-state index contributed by atoms with van der Waals surface area (Å²) in [6.07, 6.45) is 0. The van der Waals surface area contributed by atoms with Crippen LogP contribution < -0.4 is 10.1 Å². The number of piperazine rings is 1. The molecule has 18 heavy (non-hydrogen) atoms. The van der Waals surface area contributed by atoms with Crippen LogP contribution in [0.5, 0.6) is 5.75 Å². The van der Waals surface area contributed by atoms with Crippen molar-refractivity contribution in [2.24, 2.45) is 0 Å². The average Bonchev–Trinajstić information content (AvgIpc) is 2.41. The Kier molecular flexibility index (Phi) is 4.86. The van der Waals surface area contributed by atoms with Gasteiger partial charge in [0.15, 0.2) is 6.61 Å². The fourth-order valence-electron chi connectivity index (χ4n) is 1.74. The Morgan fingerprint density at radius 1 is 1.44 bits per heavy atom. The van der Waals surface area contributed by atoms with Gasteiger partial charge >= 0.3 is 0 Å². The maximum Gasteiger partial charge on any atom is 0.260 e. The van der Waals surface area contributed by atoms with E-state index in [9.17, 15) is 4.79 Å². The zero-order valence-corrected chi connectivity index (χ0v) is 12.1. The van der Waals surface area contributed by atoms with E-state index in [-0.39, 0.29) is 12.5 Å². The fourth-order valence-corrected chi connectivity index (χ4v) is 2.29. The van der Waals surface area contributed by atoms with E-state index in [1.165, 1.54) is 0 Å². The second-order valence-electron chi connectivity index (χ2n) is 3.97. The summed E-state index contributed by atoms with van der Waals surface area (Å²) in [6, 6.07) is 5.33. The highest BCUT2D eigenvalue weighted by molar-refractivity contribution is 9.10. The molecule has 1 aromatic rings. The summed E-state index contributed by atoms with van der Waals surface area (Å²) < 4.78 is 6.17. The fraction of sp³-hybridized carbons (Fsp3) is 0.417. The number of carbonyl (C=O) groups is 1. The topological polar surface area (TPSA) is 41.6 Å². The molecule has 1 N–H and O–H groups in total. The Balaban J connectivity index is 1.90. The number of carbonyl (C=O) groups excluding carboxylic acids is 1. The monoisotopic (exact) mass is 332 g/mol. The van der Waals surface area contributed by atoms with Crippen LogP contribution in [0, 0.1) is 0 Å². The molecular weight excluding hydrogens is 320 g/mol. The van der Waals surface area contributed by atoms with Crippen molar-refractivity contribution < 1.29 is 9.53 Å². The van der Waals surface area contributed by atoms with Crippen LogP contribution in [0.25, 0.3) is 0 Å². The van der Waals surface area contributed by atoms with Crippen LogP contribution in [0.15, 0.2) is 22.7 Å². The standard InChI is InChI=1S/C12H14BrClN2O2/c13-12-9(14)2-1-3-10(12)18-8-11(17)16-6-4-15-5-7-16/h1-3,15H,4-8H2. The lowest BCUT2D eigenvalue weighted by atomic mass is 10.3. The van der Waals surface area contributed by atoms with Crippen molar-refractivity contribution >= 4 is 33.4 Å². The summed E-state index contributed by atoms with van der Waals surface area (Å²) in [5.41, 5.74) is 0. The number of nitrogens with one attached hydrogen (secondary N) is 1. The van der Waals surface area contributed by atoms with Crippen LogP contribution in [-0.2, 0) is 4.79 Å². The van der Waals surface area contributed by atoms with E-state index < -0.39 is 0 Å². The lowest BCUT2D eigenvalue weighted by molar-refractivity contribution is -0.133. The largest absolute Gasteiger partial charge is 0.483 e. The van der Waals surface area contributed by atoms with E-state index in [0.717, 1.165) is 26.2 Å². The van der Waals surface area contributed by atoms with Gasteiger partial charge in [0.25, 0.3) is 5.91 Å². The van der Waals surface area contributed by atoms with Crippen molar-refractivity contribution in [1.82, 2.24) is 10.2 Å². The molecule has 1 heterocycles. The Hall–Kier alpha value is -0.780. The molecule has 1 saturated heterocycles. The minimum Gasteiger partial charge on any atom is -0.483 e. The highest BCUT2D eigenvalue weighted by atomic mass is 79.9. The normalized spacial score (nSPS) is 15.6. The van der Waals surface area contributed by atoms with Gasteiger partial charge in [-0.25, -0.2) is 0 Å². The Morgan fingerprint density at radius 3 is 2.89 bits per heavy atom. The zero-order valence-electron chi connectivity index (χ0n) is 9.79. The molecule has 0 unspecified atom stereocenters. The molecule has 0 bridgehead atoms. The molecule has 6 heteroatoms. The molecule has 0 radical (unpaired) electrons. The smallest absolute Gasteiger partial charge is 0.260 e. The maximum absolute atomic E-state index is 11.9. The Bertz CT molecular complexity index is 436. The van der Waals surface area contributed by atoms with Crippen molar-refractivity contribution in [2.45, 2.75) is 0 Å². The first kappa shape index (κ1) is 13.6. The number of hydrogen-bond acceptors (Lipinski definition) is 3. The Labute approximate surface area is 119 Å². The van der Waals surface area contributed by atoms with Crippen molar-refractivity contribution in [3.05, 3.63) is 27.7 Å². The van der Waals surface area contributed by atoms with Gasteiger partial charge in [0.2, 0.25) is 0 Å². The number of benzene rings is 1. The number of halogens is 2. The lowest BCUT2D eigenvalue weighted by Gasteiger charge is -2.27. The minimum atomic E-state index is 0.00313. The molecule has 2 rings (SSSR count). The van der Waals surface area contributed by atoms with Crippen LogP contribution in [0.1, 0.15) is 0 Å². The SMILES string of the molecule is O=C(COc1cccc(Cl)c1Br)N1CCNCC1. The van der Waals surface area contributed by atoms with E-state index in [1.54, 1.807) is 23.1 Å². The number of ether oxygens (including phenoxy) is 1. The van der Waals surface area contributed by atoms with Crippen molar-refractivity contribution in [2.75, 3.05) is 32.8 Å². The van der Waals surface area contributed by atoms with Gasteiger partial charge in [0.1, 0.15) is 5.75 Å². The van der Waals surface area contributed by atoms with Gasteiger partial charge in [-0.3, -0.25) is 4.79 Å². The molecule has 1 amide bonds. The first-order valence-electron chi connectivity index (χ1n) is 5.74. The van der Waals surface area contributed by atoms with Gasteiger partial charge in [-0.1, -0.05) is 17.7 Å². The zero-order chi connectivity index (χ0) is 13.0. The summed E-state index contributed by atoms with van der Waals surface area (Å²) in [6.45, 7) is 3.19. The summed E-state index contributed by atoms with van der Waals surface area (Å²) in [7, 11) is 0. The van der Waals surface area contributed by atoms with Crippen LogP contribution in [0.2, 0.25) is 5.02 Å². The van der Waals surface area contributed by atoms with E-state index in [1.807, 2.05) is 0 Å². The summed E-state index contributed by atoms with van der Waals surface area (Å²) in [5.74, 6) is 0.592. The molecular formula is C12H14BrClN2O2. The molecule has 1 aromatic carbocycles. The molecule has 98 valence electrons. The summed E-state index contributed by atoms with van der Waals surface area (Å²) in [4.78, 5) is 13.7. The van der Waals surface area contributed by atoms with Crippen LogP contribution in [0.3, 0.4) is 0 Å². The third-order valence-electron chi connectivity index (χ3n) is 2.74. The summed E-state index contributed by atoms with van der Waals surface area (Å²) in [5, 5.41) is 3.77. The molecule has 0 aliphatic carbocycles. The molecule has 1 fully saturated rings. The van der Waals surface area contributed by atoms with Gasteiger partial charge in [0.05, 0.1) is 9.50 Å². The van der Waals surface area contributed by atoms with Gasteiger partial charge in [0, 0.05) is 26.2 Å². The molecule has 0 atom stereocenters. The number of nitrogens with zero attached hydrogens (tertiary/aromatic N) is 1. The van der Waals surface area contributed by atoms with Crippen molar-refractivity contribution in [3.63, 3.8) is 0 Å². The number of amides is 1. The van der Waals surface area contributed by atoms with Gasteiger partial charge in [-0.05, 0) is 28.1 Å². The highest BCUT2D eigenvalue weighted by Crippen LogP contribution is 2.31. The second-order valence-corrected chi connectivity index (χ2v) is 5.17. The lowest BCUT2D eigenvalue weighted by Crippen LogP contribution is -2.47. The predicted molar refractivity (Wildman–Crippen MR) is 74.1 cm³/mol. The van der Waals surface area contributed by atoms with E-state index in [2.05, 4.69) is 21.2 Å². The van der Waals surface area contributed by atoms with Crippen molar-refractivity contribution in [3.8, 4) is 5.75 Å². The van der Waals surface area contributed by atoms with Gasteiger partial charge < -0.3 is 15.0 Å². The van der Waals surface area contributed by atoms with E-state index >= 15 is 0 Å². The first-order valence-corrected chi connectivity index (χ1v) is 6.91. The van der Waals surface area contributed by atoms with Crippen LogP contribution in [-0.4, -0.2) is 43.6 Å². The van der Waals surface area contributed by atoms with E-state index in [0.29, 0.717) is 15.2 Å². The molecule has 1 aliphatic heterocycles. The van der Waals surface area contributed by atoms with E-state index in [4.69, 9.17) is 16.3 Å². The maximum atomic E-state index is 11.9. The predicted octanol–water partition coefficient (Wildman–Crippen LogP) is 1.91. The third kappa shape index (κ3) is 3.37. The highest BCUT2D eigenvalue weighted by Gasteiger charge is 2.17. The number of hydrogen-bond donors (Lipinski definition) is 1. The summed E-state index contributed by atoms with van der Waals surface area (Å²) >= 11 is 9.28. The van der Waals surface area contributed by atoms with Gasteiger partial charge in [-0.2, -0.15) is 0 Å². The third-order valence-corrected chi connectivity index (χ3v) is 4.10. The minimum absolute atomic E-state index is 0.00313. The number of rotatable bonds is 3. The second kappa shape index (κ2) is 6.41. The molecule has 0 saturated carbocycles. The van der Waals surface area contributed by atoms with Crippen LogP contribution >= 0.6 is 27.5 Å². The molecule has 0 aromatic heterocycles. The van der Waals surface area contributed by atoms with Gasteiger partial charge in [-0.15, -0.1) is 0 Å². The Morgan fingerprint density at radius 2 is 2.17 bits per heavy atom. The molecule has 0 spiro atoms. The first-order chi connectivity index (χ1) is 8.68. The quantitative estimate of drug-likeness (QED) is 0.919. The average molecular weight is 334 g/mol. The molecule has 4 nitrogen and oxygen atoms in total. The molecule has 1 aliphatic rings. The van der Waals surface area contributed by atoms with Crippen molar-refractivity contribution in [1.29, 1.82) is 0 Å². The van der Waals surface area contributed by atoms with Crippen LogP contribution in [0.4, 0.5) is 0 Å².